The summed E-state index contributed by atoms with van der Waals surface area (Å²) in [7, 11) is 0. The normalized spacial score (nSPS) is 31.7. The molecule has 1 aromatic rings. The number of rotatable bonds is 5. The summed E-state index contributed by atoms with van der Waals surface area (Å²) in [5, 5.41) is 0. The Morgan fingerprint density at radius 1 is 1.04 bits per heavy atom. The van der Waals surface area contributed by atoms with Crippen LogP contribution in [-0.4, -0.2) is 10.7 Å². The van der Waals surface area contributed by atoms with Crippen molar-refractivity contribution in [1.29, 1.82) is 0 Å². The average Bonchev–Trinajstić information content (AvgIpc) is 2.61. The minimum absolute atomic E-state index is 0.416. The van der Waals surface area contributed by atoms with Gasteiger partial charge >= 0.3 is 0 Å². The van der Waals surface area contributed by atoms with Crippen molar-refractivity contribution in [3.63, 3.8) is 0 Å². The summed E-state index contributed by atoms with van der Waals surface area (Å²) < 4.78 is 6.22. The van der Waals surface area contributed by atoms with Crippen LogP contribution in [0.15, 0.2) is 36.9 Å². The van der Waals surface area contributed by atoms with E-state index >= 15 is 0 Å². The van der Waals surface area contributed by atoms with Crippen molar-refractivity contribution in [2.45, 2.75) is 61.4 Å². The van der Waals surface area contributed by atoms with E-state index in [1.54, 1.807) is 0 Å². The number of allylic oxidation sites excluding steroid dienone is 1. The average molecular weight is 424 g/mol. The van der Waals surface area contributed by atoms with Gasteiger partial charge in [-0.1, -0.05) is 52.9 Å². The van der Waals surface area contributed by atoms with Crippen LogP contribution in [0.2, 0.25) is 0 Å². The molecule has 0 N–H and O–H groups in total. The first kappa shape index (κ1) is 17.5. The Labute approximate surface area is 155 Å². The molecule has 23 heavy (non-hydrogen) atoms. The van der Waals surface area contributed by atoms with E-state index in [2.05, 4.69) is 59.5 Å². The molecule has 0 bridgehead atoms. The van der Waals surface area contributed by atoms with Gasteiger partial charge in [-0.05, 0) is 74.3 Å². The maximum absolute atomic E-state index is 5.80. The number of benzene rings is 1. The molecule has 0 aromatic heterocycles. The molecule has 2 aliphatic rings. The van der Waals surface area contributed by atoms with Crippen LogP contribution in [0.1, 0.15) is 62.0 Å². The second-order valence-electron chi connectivity index (χ2n) is 7.31. The number of hydrogen-bond donors (Lipinski definition) is 0. The minimum Gasteiger partial charge on any atom is -0.367 e. The van der Waals surface area contributed by atoms with Crippen LogP contribution in [0, 0.1) is 11.8 Å². The van der Waals surface area contributed by atoms with E-state index in [0.29, 0.717) is 10.0 Å². The largest absolute Gasteiger partial charge is 0.367 e. The first-order valence-corrected chi connectivity index (χ1v) is 10.5. The number of halogens is 1. The third-order valence-corrected chi connectivity index (χ3v) is 6.72. The standard InChI is InChI=1S/C21H29IO/c1-2-16-3-5-17(6-4-16)7-8-18-9-11-19(12-10-18)20-13-14-21(22)23-15-20/h2,9-12,16-17,20-21H,1,3-8,13-15H2. The molecule has 0 spiro atoms. The lowest BCUT2D eigenvalue weighted by Gasteiger charge is -2.27. The monoisotopic (exact) mass is 424 g/mol. The fourth-order valence-electron chi connectivity index (χ4n) is 4.02. The van der Waals surface area contributed by atoms with E-state index in [-0.39, 0.29) is 0 Å². The lowest BCUT2D eigenvalue weighted by atomic mass is 9.79. The number of alkyl halides is 1. The Bertz CT molecular complexity index is 479. The molecular weight excluding hydrogens is 395 g/mol. The summed E-state index contributed by atoms with van der Waals surface area (Å²) in [4.78, 5) is 0. The molecule has 0 radical (unpaired) electrons. The van der Waals surface area contributed by atoms with Crippen LogP contribution in [0.3, 0.4) is 0 Å². The Morgan fingerprint density at radius 3 is 2.39 bits per heavy atom. The minimum atomic E-state index is 0.416. The van der Waals surface area contributed by atoms with Gasteiger partial charge in [-0.15, -0.1) is 6.58 Å². The van der Waals surface area contributed by atoms with E-state index in [1.165, 1.54) is 62.5 Å². The second kappa shape index (κ2) is 8.66. The Kier molecular flexibility index (Phi) is 6.58. The predicted octanol–water partition coefficient (Wildman–Crippen LogP) is 6.27. The summed E-state index contributed by atoms with van der Waals surface area (Å²) in [6, 6.07) is 9.37. The molecule has 1 nitrogen and oxygen atoms in total. The molecule has 2 unspecified atom stereocenters. The van der Waals surface area contributed by atoms with Crippen LogP contribution in [0.5, 0.6) is 0 Å². The SMILES string of the molecule is C=CC1CCC(CCc2ccc(C3CCC(I)OC3)cc2)CC1. The van der Waals surface area contributed by atoms with Crippen LogP contribution < -0.4 is 0 Å². The zero-order valence-electron chi connectivity index (χ0n) is 14.1. The van der Waals surface area contributed by atoms with Crippen LogP contribution in [-0.2, 0) is 11.2 Å². The van der Waals surface area contributed by atoms with E-state index in [9.17, 15) is 0 Å². The van der Waals surface area contributed by atoms with Gasteiger partial charge in [0.05, 0.1) is 6.61 Å². The molecular formula is C21H29IO. The number of hydrogen-bond acceptors (Lipinski definition) is 1. The first-order chi connectivity index (χ1) is 11.2. The van der Waals surface area contributed by atoms with Crippen molar-refractivity contribution in [2.75, 3.05) is 6.61 Å². The number of aryl methyl sites for hydroxylation is 1. The third kappa shape index (κ3) is 5.06. The molecule has 126 valence electrons. The van der Waals surface area contributed by atoms with E-state index < -0.39 is 0 Å². The van der Waals surface area contributed by atoms with Gasteiger partial charge in [0.15, 0.2) is 0 Å². The highest BCUT2D eigenvalue weighted by Gasteiger charge is 2.21. The van der Waals surface area contributed by atoms with E-state index in [4.69, 9.17) is 4.74 Å². The summed E-state index contributed by atoms with van der Waals surface area (Å²) in [6.07, 6.45) is 12.7. The molecule has 1 aliphatic heterocycles. The molecule has 1 saturated carbocycles. The van der Waals surface area contributed by atoms with Crippen molar-refractivity contribution in [1.82, 2.24) is 0 Å². The molecule has 1 aromatic carbocycles. The fourth-order valence-corrected chi connectivity index (χ4v) is 4.59. The van der Waals surface area contributed by atoms with Crippen molar-refractivity contribution >= 4 is 22.6 Å². The molecule has 1 heterocycles. The fraction of sp³-hybridized carbons (Fsp3) is 0.619. The van der Waals surface area contributed by atoms with Crippen molar-refractivity contribution in [3.05, 3.63) is 48.0 Å². The van der Waals surface area contributed by atoms with E-state index in [1.807, 2.05) is 0 Å². The van der Waals surface area contributed by atoms with Gasteiger partial charge in [-0.25, -0.2) is 0 Å². The van der Waals surface area contributed by atoms with Crippen LogP contribution in [0.25, 0.3) is 0 Å². The maximum Gasteiger partial charge on any atom is 0.108 e. The third-order valence-electron chi connectivity index (χ3n) is 5.74. The van der Waals surface area contributed by atoms with Gasteiger partial charge in [0.2, 0.25) is 0 Å². The van der Waals surface area contributed by atoms with Gasteiger partial charge < -0.3 is 4.74 Å². The summed E-state index contributed by atoms with van der Waals surface area (Å²) in [5.74, 6) is 2.31. The molecule has 0 amide bonds. The lowest BCUT2D eigenvalue weighted by Crippen LogP contribution is -2.20. The molecule has 2 atom stereocenters. The van der Waals surface area contributed by atoms with Crippen molar-refractivity contribution in [2.24, 2.45) is 11.8 Å². The van der Waals surface area contributed by atoms with Gasteiger partial charge in [-0.3, -0.25) is 0 Å². The van der Waals surface area contributed by atoms with Crippen LogP contribution in [0.4, 0.5) is 0 Å². The van der Waals surface area contributed by atoms with Gasteiger partial charge in [0, 0.05) is 5.92 Å². The Morgan fingerprint density at radius 2 is 1.78 bits per heavy atom. The highest BCUT2D eigenvalue weighted by atomic mass is 127. The predicted molar refractivity (Wildman–Crippen MR) is 106 cm³/mol. The van der Waals surface area contributed by atoms with Crippen LogP contribution >= 0.6 is 22.6 Å². The smallest absolute Gasteiger partial charge is 0.108 e. The summed E-state index contributed by atoms with van der Waals surface area (Å²) in [6.45, 7) is 4.83. The molecule has 1 aliphatic carbocycles. The highest BCUT2D eigenvalue weighted by Crippen LogP contribution is 2.33. The van der Waals surface area contributed by atoms with Gasteiger partial charge in [0.25, 0.3) is 0 Å². The Balaban J connectivity index is 1.45. The van der Waals surface area contributed by atoms with Gasteiger partial charge in [-0.2, -0.15) is 0 Å². The zero-order valence-corrected chi connectivity index (χ0v) is 16.2. The maximum atomic E-state index is 5.80. The quantitative estimate of drug-likeness (QED) is 0.308. The molecule has 2 heteroatoms. The number of ether oxygens (including phenoxy) is 1. The summed E-state index contributed by atoms with van der Waals surface area (Å²) >= 11 is 2.40. The first-order valence-electron chi connectivity index (χ1n) is 9.21. The van der Waals surface area contributed by atoms with Crippen molar-refractivity contribution in [3.8, 4) is 0 Å². The van der Waals surface area contributed by atoms with E-state index in [0.717, 1.165) is 18.4 Å². The topological polar surface area (TPSA) is 9.23 Å². The second-order valence-corrected chi connectivity index (χ2v) is 8.70. The van der Waals surface area contributed by atoms with Gasteiger partial charge in [0.1, 0.15) is 4.11 Å². The Hall–Kier alpha value is -0.350. The lowest BCUT2D eigenvalue weighted by molar-refractivity contribution is 0.0676. The summed E-state index contributed by atoms with van der Waals surface area (Å²) in [5.41, 5.74) is 2.96. The molecule has 2 fully saturated rings. The molecule has 3 rings (SSSR count). The highest BCUT2D eigenvalue weighted by molar-refractivity contribution is 14.1. The van der Waals surface area contributed by atoms with Crippen molar-refractivity contribution < 1.29 is 4.74 Å². The molecule has 1 saturated heterocycles. The zero-order chi connectivity index (χ0) is 16.1.